The van der Waals surface area contributed by atoms with E-state index in [0.29, 0.717) is 27.5 Å². The molecule has 0 spiro atoms. The normalized spacial score (nSPS) is 16.0. The highest BCUT2D eigenvalue weighted by molar-refractivity contribution is 7.80. The van der Waals surface area contributed by atoms with Gasteiger partial charge in [-0.1, -0.05) is 36.0 Å². The van der Waals surface area contributed by atoms with Crippen molar-refractivity contribution in [3.8, 4) is 5.75 Å². The Balaban J connectivity index is 2.02. The molecule has 0 amide bonds. The fourth-order valence-electron chi connectivity index (χ4n) is 2.32. The predicted octanol–water partition coefficient (Wildman–Crippen LogP) is 3.83. The first-order valence-corrected chi connectivity index (χ1v) is 7.93. The quantitative estimate of drug-likeness (QED) is 0.442. The van der Waals surface area contributed by atoms with Crippen LogP contribution >= 0.6 is 35.4 Å². The van der Waals surface area contributed by atoms with Crippen LogP contribution in [0.3, 0.4) is 0 Å². The standard InChI is InChI=1S/C14H17Cl2N3OS/c1-8(11-6-9(15)7-12(16)13(11)20)18-19-14(21)17-10-4-2-3-5-10/h6-7,10,20H,2-5H2,1H3,(H2,17,19,21)/b18-8+. The molecule has 2 rings (SSSR count). The third-order valence-electron chi connectivity index (χ3n) is 3.43. The zero-order chi connectivity index (χ0) is 15.4. The van der Waals surface area contributed by atoms with Gasteiger partial charge in [0.15, 0.2) is 5.11 Å². The maximum atomic E-state index is 9.94. The average molecular weight is 346 g/mol. The molecule has 0 aliphatic heterocycles. The molecule has 114 valence electrons. The maximum absolute atomic E-state index is 9.94. The number of thiocarbonyl (C=S) groups is 1. The van der Waals surface area contributed by atoms with E-state index < -0.39 is 0 Å². The molecule has 0 unspecified atom stereocenters. The molecule has 1 aromatic rings. The lowest BCUT2D eigenvalue weighted by atomic mass is 10.1. The molecule has 0 bridgehead atoms. The summed E-state index contributed by atoms with van der Waals surface area (Å²) in [5, 5.41) is 18.4. The van der Waals surface area contributed by atoms with Crippen molar-refractivity contribution >= 4 is 46.2 Å². The van der Waals surface area contributed by atoms with Crippen molar-refractivity contribution in [3.05, 3.63) is 27.7 Å². The van der Waals surface area contributed by atoms with Gasteiger partial charge in [0.25, 0.3) is 0 Å². The van der Waals surface area contributed by atoms with Crippen molar-refractivity contribution in [2.75, 3.05) is 0 Å². The summed E-state index contributed by atoms with van der Waals surface area (Å²) in [7, 11) is 0. The summed E-state index contributed by atoms with van der Waals surface area (Å²) in [6.07, 6.45) is 4.74. The van der Waals surface area contributed by atoms with E-state index in [0.717, 1.165) is 12.8 Å². The van der Waals surface area contributed by atoms with Crippen LogP contribution < -0.4 is 10.7 Å². The molecule has 1 aromatic carbocycles. The number of hydrogen-bond acceptors (Lipinski definition) is 3. The van der Waals surface area contributed by atoms with Crippen LogP contribution in [-0.4, -0.2) is 22.0 Å². The SMILES string of the molecule is C/C(=N\NC(=S)NC1CCCC1)c1cc(Cl)cc(Cl)c1O. The fourth-order valence-corrected chi connectivity index (χ4v) is 3.03. The Kier molecular flexibility index (Phi) is 5.67. The van der Waals surface area contributed by atoms with Gasteiger partial charge < -0.3 is 10.4 Å². The van der Waals surface area contributed by atoms with E-state index in [-0.39, 0.29) is 10.8 Å². The number of hydrogen-bond donors (Lipinski definition) is 3. The number of nitrogens with zero attached hydrogens (tertiary/aromatic N) is 1. The zero-order valence-corrected chi connectivity index (χ0v) is 13.9. The van der Waals surface area contributed by atoms with Crippen LogP contribution in [0.1, 0.15) is 38.2 Å². The molecular formula is C14H17Cl2N3OS. The summed E-state index contributed by atoms with van der Waals surface area (Å²) in [5.41, 5.74) is 3.81. The number of halogens is 2. The first-order chi connectivity index (χ1) is 9.97. The topological polar surface area (TPSA) is 56.7 Å². The number of phenolic OH excluding ortho intramolecular Hbond substituents is 1. The van der Waals surface area contributed by atoms with E-state index in [4.69, 9.17) is 35.4 Å². The first kappa shape index (κ1) is 16.3. The summed E-state index contributed by atoms with van der Waals surface area (Å²) in [4.78, 5) is 0. The zero-order valence-electron chi connectivity index (χ0n) is 11.6. The highest BCUT2D eigenvalue weighted by atomic mass is 35.5. The van der Waals surface area contributed by atoms with Crippen molar-refractivity contribution in [2.45, 2.75) is 38.6 Å². The van der Waals surface area contributed by atoms with Gasteiger partial charge in [-0.15, -0.1) is 0 Å². The number of hydrazone groups is 1. The monoisotopic (exact) mass is 345 g/mol. The van der Waals surface area contributed by atoms with E-state index >= 15 is 0 Å². The van der Waals surface area contributed by atoms with Crippen LogP contribution in [-0.2, 0) is 0 Å². The number of rotatable bonds is 3. The molecule has 0 atom stereocenters. The summed E-state index contributed by atoms with van der Waals surface area (Å²) >= 11 is 17.0. The molecule has 0 heterocycles. The van der Waals surface area contributed by atoms with Gasteiger partial charge in [-0.3, -0.25) is 5.43 Å². The molecule has 1 aliphatic rings. The summed E-state index contributed by atoms with van der Waals surface area (Å²) < 4.78 is 0. The number of aromatic hydroxyl groups is 1. The lowest BCUT2D eigenvalue weighted by molar-refractivity contribution is 0.474. The van der Waals surface area contributed by atoms with E-state index in [1.54, 1.807) is 13.0 Å². The van der Waals surface area contributed by atoms with Gasteiger partial charge in [0, 0.05) is 16.6 Å². The van der Waals surface area contributed by atoms with Gasteiger partial charge in [-0.25, -0.2) is 0 Å². The molecule has 0 radical (unpaired) electrons. The van der Waals surface area contributed by atoms with Crippen LogP contribution in [0.5, 0.6) is 5.75 Å². The van der Waals surface area contributed by atoms with Crippen molar-refractivity contribution in [2.24, 2.45) is 5.10 Å². The Morgan fingerprint density at radius 1 is 1.33 bits per heavy atom. The average Bonchev–Trinajstić information content (AvgIpc) is 2.93. The molecule has 21 heavy (non-hydrogen) atoms. The molecular weight excluding hydrogens is 329 g/mol. The van der Waals surface area contributed by atoms with Crippen LogP contribution in [0.2, 0.25) is 10.0 Å². The van der Waals surface area contributed by atoms with Crippen molar-refractivity contribution in [3.63, 3.8) is 0 Å². The first-order valence-electron chi connectivity index (χ1n) is 6.76. The molecule has 1 fully saturated rings. The minimum Gasteiger partial charge on any atom is -0.506 e. The molecule has 7 heteroatoms. The van der Waals surface area contributed by atoms with Gasteiger partial charge in [0.2, 0.25) is 0 Å². The Labute approximate surface area is 139 Å². The van der Waals surface area contributed by atoms with Gasteiger partial charge in [-0.2, -0.15) is 5.10 Å². The third kappa shape index (κ3) is 4.46. The van der Waals surface area contributed by atoms with E-state index in [2.05, 4.69) is 15.8 Å². The van der Waals surface area contributed by atoms with Crippen LogP contribution in [0.4, 0.5) is 0 Å². The Bertz CT molecular complexity index is 572. The second-order valence-corrected chi connectivity index (χ2v) is 6.30. The largest absolute Gasteiger partial charge is 0.506 e. The number of benzene rings is 1. The molecule has 0 aromatic heterocycles. The second kappa shape index (κ2) is 7.29. The van der Waals surface area contributed by atoms with Gasteiger partial charge in [-0.05, 0) is 44.1 Å². The van der Waals surface area contributed by atoms with E-state index in [9.17, 15) is 5.11 Å². The highest BCUT2D eigenvalue weighted by Crippen LogP contribution is 2.31. The Morgan fingerprint density at radius 3 is 2.67 bits per heavy atom. The summed E-state index contributed by atoms with van der Waals surface area (Å²) in [6.45, 7) is 1.74. The van der Waals surface area contributed by atoms with Crippen molar-refractivity contribution < 1.29 is 5.11 Å². The van der Waals surface area contributed by atoms with Crippen LogP contribution in [0, 0.1) is 0 Å². The summed E-state index contributed by atoms with van der Waals surface area (Å²) in [6, 6.07) is 3.51. The highest BCUT2D eigenvalue weighted by Gasteiger charge is 2.15. The lowest BCUT2D eigenvalue weighted by Crippen LogP contribution is -2.38. The van der Waals surface area contributed by atoms with E-state index in [1.807, 2.05) is 0 Å². The fraction of sp³-hybridized carbons (Fsp3) is 0.429. The minimum atomic E-state index is -0.0428. The van der Waals surface area contributed by atoms with Gasteiger partial charge >= 0.3 is 0 Å². The van der Waals surface area contributed by atoms with Crippen LogP contribution in [0.25, 0.3) is 0 Å². The van der Waals surface area contributed by atoms with Crippen LogP contribution in [0.15, 0.2) is 17.2 Å². The molecule has 0 saturated heterocycles. The van der Waals surface area contributed by atoms with Crippen molar-refractivity contribution in [1.29, 1.82) is 0 Å². The third-order valence-corrected chi connectivity index (χ3v) is 4.15. The number of phenols is 1. The minimum absolute atomic E-state index is 0.0428. The van der Waals surface area contributed by atoms with Gasteiger partial charge in [0.05, 0.1) is 10.7 Å². The molecule has 1 saturated carbocycles. The predicted molar refractivity (Wildman–Crippen MR) is 91.5 cm³/mol. The van der Waals surface area contributed by atoms with Crippen molar-refractivity contribution in [1.82, 2.24) is 10.7 Å². The second-order valence-electron chi connectivity index (χ2n) is 5.05. The molecule has 4 nitrogen and oxygen atoms in total. The smallest absolute Gasteiger partial charge is 0.187 e. The Morgan fingerprint density at radius 2 is 2.00 bits per heavy atom. The summed E-state index contributed by atoms with van der Waals surface area (Å²) in [5.74, 6) is -0.0428. The molecule has 1 aliphatic carbocycles. The van der Waals surface area contributed by atoms with Gasteiger partial charge in [0.1, 0.15) is 5.75 Å². The maximum Gasteiger partial charge on any atom is 0.187 e. The lowest BCUT2D eigenvalue weighted by Gasteiger charge is -2.14. The Hall–Kier alpha value is -1.04. The number of nitrogens with one attached hydrogen (secondary N) is 2. The van der Waals surface area contributed by atoms with E-state index in [1.165, 1.54) is 18.9 Å². The molecule has 3 N–H and O–H groups in total.